The van der Waals surface area contributed by atoms with Crippen molar-refractivity contribution >= 4 is 22.4 Å². The van der Waals surface area contributed by atoms with Crippen molar-refractivity contribution in [3.8, 4) is 0 Å². The summed E-state index contributed by atoms with van der Waals surface area (Å²) >= 11 is 1.71. The molecule has 3 rings (SSSR count). The van der Waals surface area contributed by atoms with Crippen LogP contribution < -0.4 is 4.90 Å². The molecule has 110 valence electrons. The van der Waals surface area contributed by atoms with Gasteiger partial charge in [-0.15, -0.1) is 11.3 Å². The third kappa shape index (κ3) is 2.42. The maximum atomic E-state index is 12.0. The van der Waals surface area contributed by atoms with Crippen LogP contribution >= 0.6 is 11.3 Å². The Morgan fingerprint density at radius 3 is 3.10 bits per heavy atom. The van der Waals surface area contributed by atoms with Crippen molar-refractivity contribution in [3.05, 3.63) is 10.6 Å². The van der Waals surface area contributed by atoms with E-state index in [0.717, 1.165) is 43.3 Å². The van der Waals surface area contributed by atoms with Crippen molar-refractivity contribution < 1.29 is 14.3 Å². The summed E-state index contributed by atoms with van der Waals surface area (Å²) in [6, 6.07) is 0.405. The molecule has 0 bridgehead atoms. The van der Waals surface area contributed by atoms with E-state index >= 15 is 0 Å². The van der Waals surface area contributed by atoms with Crippen LogP contribution in [-0.4, -0.2) is 43.9 Å². The Bertz CT molecular complexity index is 497. The Kier molecular flexibility index (Phi) is 3.94. The number of esters is 1. The Balaban J connectivity index is 1.77. The number of fused-ring (bicyclic) bond motifs is 1. The number of hydrogen-bond acceptors (Lipinski definition) is 6. The topological polar surface area (TPSA) is 51.7 Å². The van der Waals surface area contributed by atoms with Gasteiger partial charge in [-0.05, 0) is 26.2 Å². The summed E-state index contributed by atoms with van der Waals surface area (Å²) < 4.78 is 10.6. The SMILES string of the molecule is CCOC(=O)C1CCc2sc(N(C)C3CCOC3)nc21. The Labute approximate surface area is 122 Å². The molecule has 2 atom stereocenters. The van der Waals surface area contributed by atoms with E-state index in [-0.39, 0.29) is 11.9 Å². The van der Waals surface area contributed by atoms with Crippen LogP contribution in [0.2, 0.25) is 0 Å². The first kappa shape index (κ1) is 13.8. The minimum atomic E-state index is -0.164. The van der Waals surface area contributed by atoms with Crippen LogP contribution in [0.1, 0.15) is 36.3 Å². The van der Waals surface area contributed by atoms with Gasteiger partial charge in [-0.25, -0.2) is 4.98 Å². The van der Waals surface area contributed by atoms with Gasteiger partial charge < -0.3 is 14.4 Å². The number of aryl methyl sites for hydroxylation is 1. The number of aromatic nitrogens is 1. The van der Waals surface area contributed by atoms with Crippen molar-refractivity contribution in [1.82, 2.24) is 4.98 Å². The van der Waals surface area contributed by atoms with E-state index in [1.165, 1.54) is 4.88 Å². The number of rotatable bonds is 4. The molecule has 5 nitrogen and oxygen atoms in total. The minimum Gasteiger partial charge on any atom is -0.465 e. The van der Waals surface area contributed by atoms with E-state index in [1.807, 2.05) is 6.92 Å². The van der Waals surface area contributed by atoms with E-state index < -0.39 is 0 Å². The molecule has 1 aliphatic heterocycles. The molecule has 20 heavy (non-hydrogen) atoms. The number of ether oxygens (including phenoxy) is 2. The maximum absolute atomic E-state index is 12.0. The normalized spacial score (nSPS) is 24.7. The number of likely N-dealkylation sites (N-methyl/N-ethyl adjacent to an activating group) is 1. The highest BCUT2D eigenvalue weighted by atomic mass is 32.1. The molecule has 1 saturated heterocycles. The van der Waals surface area contributed by atoms with Gasteiger partial charge in [-0.3, -0.25) is 4.79 Å². The second kappa shape index (κ2) is 5.69. The summed E-state index contributed by atoms with van der Waals surface area (Å²) in [7, 11) is 2.06. The van der Waals surface area contributed by atoms with Crippen LogP contribution in [0.15, 0.2) is 0 Å². The first-order valence-electron chi connectivity index (χ1n) is 7.17. The average molecular weight is 296 g/mol. The van der Waals surface area contributed by atoms with Crippen molar-refractivity contribution in [2.24, 2.45) is 0 Å². The van der Waals surface area contributed by atoms with Crippen LogP contribution in [0.5, 0.6) is 0 Å². The summed E-state index contributed by atoms with van der Waals surface area (Å²) in [4.78, 5) is 20.1. The van der Waals surface area contributed by atoms with Crippen LogP contribution in [-0.2, 0) is 20.7 Å². The highest BCUT2D eigenvalue weighted by Gasteiger charge is 2.35. The number of nitrogens with zero attached hydrogens (tertiary/aromatic N) is 2. The number of thiazole rings is 1. The van der Waals surface area contributed by atoms with E-state index in [1.54, 1.807) is 11.3 Å². The standard InChI is InChI=1S/C14H20N2O3S/c1-3-19-13(17)10-4-5-11-12(10)15-14(20-11)16(2)9-6-7-18-8-9/h9-10H,3-8H2,1-2H3. The summed E-state index contributed by atoms with van der Waals surface area (Å²) in [5.74, 6) is -0.293. The maximum Gasteiger partial charge on any atom is 0.315 e. The monoisotopic (exact) mass is 296 g/mol. The summed E-state index contributed by atoms with van der Waals surface area (Å²) in [6.07, 6.45) is 2.82. The highest BCUT2D eigenvalue weighted by molar-refractivity contribution is 7.15. The van der Waals surface area contributed by atoms with Crippen LogP contribution in [0, 0.1) is 0 Å². The molecule has 0 amide bonds. The largest absolute Gasteiger partial charge is 0.465 e. The van der Waals surface area contributed by atoms with E-state index in [9.17, 15) is 4.79 Å². The lowest BCUT2D eigenvalue weighted by Crippen LogP contribution is -2.31. The van der Waals surface area contributed by atoms with Gasteiger partial charge >= 0.3 is 5.97 Å². The fourth-order valence-corrected chi connectivity index (χ4v) is 3.99. The average Bonchev–Trinajstić information content (AvgIpc) is 3.14. The molecule has 0 N–H and O–H groups in total. The fraction of sp³-hybridized carbons (Fsp3) is 0.714. The third-order valence-electron chi connectivity index (χ3n) is 4.03. The fourth-order valence-electron chi connectivity index (χ4n) is 2.82. The summed E-state index contributed by atoms with van der Waals surface area (Å²) in [5, 5.41) is 1.000. The molecule has 0 saturated carbocycles. The summed E-state index contributed by atoms with van der Waals surface area (Å²) in [6.45, 7) is 3.86. The molecule has 2 unspecified atom stereocenters. The zero-order chi connectivity index (χ0) is 14.1. The van der Waals surface area contributed by atoms with Gasteiger partial charge in [0.2, 0.25) is 0 Å². The second-order valence-corrected chi connectivity index (χ2v) is 6.34. The quantitative estimate of drug-likeness (QED) is 0.795. The van der Waals surface area contributed by atoms with Gasteiger partial charge in [-0.2, -0.15) is 0 Å². The third-order valence-corrected chi connectivity index (χ3v) is 5.25. The van der Waals surface area contributed by atoms with E-state index in [2.05, 4.69) is 11.9 Å². The number of anilines is 1. The Hall–Kier alpha value is -1.14. The number of carbonyl (C=O) groups is 1. The van der Waals surface area contributed by atoms with Crippen molar-refractivity contribution in [2.75, 3.05) is 31.8 Å². The van der Waals surface area contributed by atoms with Crippen molar-refractivity contribution in [3.63, 3.8) is 0 Å². The van der Waals surface area contributed by atoms with Gasteiger partial charge in [0.1, 0.15) is 5.92 Å². The van der Waals surface area contributed by atoms with Gasteiger partial charge in [-0.1, -0.05) is 0 Å². The van der Waals surface area contributed by atoms with Crippen LogP contribution in [0.4, 0.5) is 5.13 Å². The minimum absolute atomic E-state index is 0.130. The molecule has 6 heteroatoms. The van der Waals surface area contributed by atoms with Gasteiger partial charge in [0.15, 0.2) is 5.13 Å². The molecule has 1 aliphatic carbocycles. The van der Waals surface area contributed by atoms with Crippen molar-refractivity contribution in [1.29, 1.82) is 0 Å². The molecule has 1 fully saturated rings. The molecule has 0 aromatic carbocycles. The zero-order valence-electron chi connectivity index (χ0n) is 11.9. The predicted octanol–water partition coefficient (Wildman–Crippen LogP) is 1.96. The molecule has 2 heterocycles. The second-order valence-electron chi connectivity index (χ2n) is 5.28. The number of hydrogen-bond donors (Lipinski definition) is 0. The Morgan fingerprint density at radius 2 is 2.40 bits per heavy atom. The van der Waals surface area contributed by atoms with Gasteiger partial charge in [0, 0.05) is 18.5 Å². The molecule has 1 aromatic rings. The first-order valence-corrected chi connectivity index (χ1v) is 7.99. The predicted molar refractivity (Wildman–Crippen MR) is 77.4 cm³/mol. The van der Waals surface area contributed by atoms with Gasteiger partial charge in [0.25, 0.3) is 0 Å². The Morgan fingerprint density at radius 1 is 1.55 bits per heavy atom. The lowest BCUT2D eigenvalue weighted by molar-refractivity contribution is -0.145. The zero-order valence-corrected chi connectivity index (χ0v) is 12.7. The molecule has 0 spiro atoms. The van der Waals surface area contributed by atoms with E-state index in [0.29, 0.717) is 12.6 Å². The van der Waals surface area contributed by atoms with E-state index in [4.69, 9.17) is 14.5 Å². The van der Waals surface area contributed by atoms with Gasteiger partial charge in [0.05, 0.1) is 24.9 Å². The molecular weight excluding hydrogens is 276 g/mol. The number of carbonyl (C=O) groups excluding carboxylic acids is 1. The highest BCUT2D eigenvalue weighted by Crippen LogP contribution is 2.40. The first-order chi connectivity index (χ1) is 9.70. The smallest absolute Gasteiger partial charge is 0.315 e. The molecule has 1 aromatic heterocycles. The van der Waals surface area contributed by atoms with Crippen LogP contribution in [0.3, 0.4) is 0 Å². The lowest BCUT2D eigenvalue weighted by Gasteiger charge is -2.22. The molecule has 2 aliphatic rings. The van der Waals surface area contributed by atoms with Crippen LogP contribution in [0.25, 0.3) is 0 Å². The van der Waals surface area contributed by atoms with Crippen molar-refractivity contribution in [2.45, 2.75) is 38.1 Å². The molecular formula is C14H20N2O3S. The summed E-state index contributed by atoms with van der Waals surface area (Å²) in [5.41, 5.74) is 0.939. The molecule has 0 radical (unpaired) electrons. The lowest BCUT2D eigenvalue weighted by atomic mass is 10.1.